The molecule has 7 heteroatoms. The Balaban J connectivity index is 1.79. The molecule has 0 unspecified atom stereocenters. The maximum Gasteiger partial charge on any atom is 0.216 e. The zero-order chi connectivity index (χ0) is 17.2. The van der Waals surface area contributed by atoms with Crippen LogP contribution in [0.15, 0.2) is 36.8 Å². The zero-order valence-corrected chi connectivity index (χ0v) is 15.0. The van der Waals surface area contributed by atoms with Crippen molar-refractivity contribution < 1.29 is 8.42 Å². The molecule has 1 aliphatic rings. The Labute approximate surface area is 143 Å². The van der Waals surface area contributed by atoms with Gasteiger partial charge in [0.05, 0.1) is 17.5 Å². The van der Waals surface area contributed by atoms with Gasteiger partial charge in [0.2, 0.25) is 10.0 Å². The average molecular weight is 348 g/mol. The first kappa shape index (κ1) is 17.1. The lowest BCUT2D eigenvalue weighted by atomic mass is 9.99. The van der Waals surface area contributed by atoms with E-state index >= 15 is 0 Å². The summed E-state index contributed by atoms with van der Waals surface area (Å²) in [4.78, 5) is 8.87. The first-order valence-corrected chi connectivity index (χ1v) is 9.88. The van der Waals surface area contributed by atoms with Crippen molar-refractivity contribution in [2.45, 2.75) is 44.4 Å². The molecular weight excluding hydrogens is 324 g/mol. The van der Waals surface area contributed by atoms with Crippen molar-refractivity contribution in [1.82, 2.24) is 18.8 Å². The summed E-state index contributed by atoms with van der Waals surface area (Å²) in [5, 5.41) is -0.385. The van der Waals surface area contributed by atoms with Crippen LogP contribution in [0.3, 0.4) is 0 Å². The van der Waals surface area contributed by atoms with E-state index in [-0.39, 0.29) is 11.2 Å². The standard InChI is InChI=1S/C17H24N4O2S/c1-14(2)24(22,23)21-10-5-6-15(12-21)17-19-9-11-20(17)13-16-7-3-4-8-18-16/h3-4,7-9,11,14-15H,5-6,10,12-13H2,1-2H3/t15-/m1/s1. The van der Waals surface area contributed by atoms with Crippen LogP contribution in [0.2, 0.25) is 0 Å². The lowest BCUT2D eigenvalue weighted by molar-refractivity contribution is 0.303. The Morgan fingerprint density at radius 3 is 2.79 bits per heavy atom. The van der Waals surface area contributed by atoms with Crippen molar-refractivity contribution in [3.05, 3.63) is 48.3 Å². The molecule has 24 heavy (non-hydrogen) atoms. The van der Waals surface area contributed by atoms with Crippen LogP contribution in [0.1, 0.15) is 44.1 Å². The van der Waals surface area contributed by atoms with Gasteiger partial charge in [-0.2, -0.15) is 0 Å². The molecule has 0 spiro atoms. The molecule has 0 aliphatic carbocycles. The van der Waals surface area contributed by atoms with E-state index in [2.05, 4.69) is 14.5 Å². The number of piperidine rings is 1. The van der Waals surface area contributed by atoms with Gasteiger partial charge in [-0.25, -0.2) is 17.7 Å². The molecule has 0 bridgehead atoms. The Kier molecular flexibility index (Phi) is 5.01. The molecule has 0 amide bonds. The van der Waals surface area contributed by atoms with Crippen molar-refractivity contribution in [2.24, 2.45) is 0 Å². The van der Waals surface area contributed by atoms with E-state index in [4.69, 9.17) is 0 Å². The number of hydrogen-bond acceptors (Lipinski definition) is 4. The molecular formula is C17H24N4O2S. The molecule has 0 aromatic carbocycles. The fraction of sp³-hybridized carbons (Fsp3) is 0.529. The molecule has 1 saturated heterocycles. The van der Waals surface area contributed by atoms with Gasteiger partial charge in [0.25, 0.3) is 0 Å². The van der Waals surface area contributed by atoms with E-state index in [1.54, 1.807) is 30.5 Å². The van der Waals surface area contributed by atoms with Crippen molar-refractivity contribution in [1.29, 1.82) is 0 Å². The van der Waals surface area contributed by atoms with E-state index in [1.165, 1.54) is 0 Å². The summed E-state index contributed by atoms with van der Waals surface area (Å²) >= 11 is 0. The second kappa shape index (κ2) is 7.03. The van der Waals surface area contributed by atoms with E-state index in [0.29, 0.717) is 19.6 Å². The molecule has 2 aromatic heterocycles. The molecule has 2 aromatic rings. The summed E-state index contributed by atoms with van der Waals surface area (Å²) in [6.07, 6.45) is 7.34. The number of hydrogen-bond donors (Lipinski definition) is 0. The number of sulfonamides is 1. The number of rotatable bonds is 5. The molecule has 1 aliphatic heterocycles. The van der Waals surface area contributed by atoms with Gasteiger partial charge in [-0.05, 0) is 38.8 Å². The van der Waals surface area contributed by atoms with E-state index in [9.17, 15) is 8.42 Å². The Bertz CT molecular complexity index is 771. The lowest BCUT2D eigenvalue weighted by Crippen LogP contribution is -2.42. The Morgan fingerprint density at radius 1 is 1.25 bits per heavy atom. The first-order chi connectivity index (χ1) is 11.5. The minimum atomic E-state index is -3.21. The maximum atomic E-state index is 12.5. The molecule has 6 nitrogen and oxygen atoms in total. The largest absolute Gasteiger partial charge is 0.329 e. The molecule has 1 fully saturated rings. The monoisotopic (exact) mass is 348 g/mol. The van der Waals surface area contributed by atoms with E-state index in [1.807, 2.05) is 24.4 Å². The summed E-state index contributed by atoms with van der Waals surface area (Å²) in [6.45, 7) is 5.25. The highest BCUT2D eigenvalue weighted by molar-refractivity contribution is 7.89. The van der Waals surface area contributed by atoms with Crippen LogP contribution in [-0.2, 0) is 16.6 Å². The molecule has 130 valence electrons. The van der Waals surface area contributed by atoms with Crippen molar-refractivity contribution in [3.8, 4) is 0 Å². The maximum absolute atomic E-state index is 12.5. The Morgan fingerprint density at radius 2 is 2.08 bits per heavy atom. The third-order valence-corrected chi connectivity index (χ3v) is 6.75. The third-order valence-electron chi connectivity index (χ3n) is 4.51. The fourth-order valence-electron chi connectivity index (χ4n) is 3.16. The molecule has 3 rings (SSSR count). The van der Waals surface area contributed by atoms with Crippen LogP contribution >= 0.6 is 0 Å². The average Bonchev–Trinajstić information content (AvgIpc) is 3.04. The van der Waals surface area contributed by atoms with Gasteiger partial charge in [-0.3, -0.25) is 4.98 Å². The number of aromatic nitrogens is 3. The van der Waals surface area contributed by atoms with Crippen LogP contribution in [0, 0.1) is 0 Å². The normalized spacial score (nSPS) is 19.7. The lowest BCUT2D eigenvalue weighted by Gasteiger charge is -2.33. The highest BCUT2D eigenvalue weighted by Gasteiger charge is 2.33. The van der Waals surface area contributed by atoms with Gasteiger partial charge in [0.15, 0.2) is 0 Å². The smallest absolute Gasteiger partial charge is 0.216 e. The number of nitrogens with zero attached hydrogens (tertiary/aromatic N) is 4. The highest BCUT2D eigenvalue weighted by Crippen LogP contribution is 2.28. The van der Waals surface area contributed by atoms with E-state index in [0.717, 1.165) is 24.4 Å². The third kappa shape index (κ3) is 3.52. The van der Waals surface area contributed by atoms with E-state index < -0.39 is 10.0 Å². The Hall–Kier alpha value is -1.73. The number of imidazole rings is 1. The highest BCUT2D eigenvalue weighted by atomic mass is 32.2. The SMILES string of the molecule is CC(C)S(=O)(=O)N1CCC[C@@H](c2nccn2Cc2ccccn2)C1. The molecule has 0 saturated carbocycles. The predicted molar refractivity (Wildman–Crippen MR) is 93.2 cm³/mol. The van der Waals surface area contributed by atoms with Crippen molar-refractivity contribution in [3.63, 3.8) is 0 Å². The minimum absolute atomic E-state index is 0.131. The number of pyridine rings is 1. The zero-order valence-electron chi connectivity index (χ0n) is 14.2. The van der Waals surface area contributed by atoms with Gasteiger partial charge in [0, 0.05) is 37.6 Å². The van der Waals surface area contributed by atoms with Crippen LogP contribution in [0.5, 0.6) is 0 Å². The molecule has 3 heterocycles. The molecule has 1 atom stereocenters. The molecule has 0 N–H and O–H groups in total. The van der Waals surface area contributed by atoms with Crippen LogP contribution < -0.4 is 0 Å². The van der Waals surface area contributed by atoms with Gasteiger partial charge in [-0.15, -0.1) is 0 Å². The second-order valence-corrected chi connectivity index (χ2v) is 9.01. The van der Waals surface area contributed by atoms with Gasteiger partial charge in [0.1, 0.15) is 5.82 Å². The second-order valence-electron chi connectivity index (χ2n) is 6.53. The predicted octanol–water partition coefficient (Wildman–Crippen LogP) is 2.24. The van der Waals surface area contributed by atoms with Crippen LogP contribution in [0.25, 0.3) is 0 Å². The quantitative estimate of drug-likeness (QED) is 0.831. The minimum Gasteiger partial charge on any atom is -0.329 e. The van der Waals surface area contributed by atoms with Gasteiger partial charge >= 0.3 is 0 Å². The topological polar surface area (TPSA) is 68.1 Å². The van der Waals surface area contributed by atoms with Crippen molar-refractivity contribution >= 4 is 10.0 Å². The van der Waals surface area contributed by atoms with Gasteiger partial charge < -0.3 is 4.57 Å². The van der Waals surface area contributed by atoms with Crippen LogP contribution in [-0.4, -0.2) is 45.6 Å². The van der Waals surface area contributed by atoms with Crippen LogP contribution in [0.4, 0.5) is 0 Å². The first-order valence-electron chi connectivity index (χ1n) is 8.38. The van der Waals surface area contributed by atoms with Gasteiger partial charge in [-0.1, -0.05) is 6.07 Å². The summed E-state index contributed by atoms with van der Waals surface area (Å²) < 4.78 is 28.6. The summed E-state index contributed by atoms with van der Waals surface area (Å²) in [5.74, 6) is 1.08. The fourth-order valence-corrected chi connectivity index (χ4v) is 4.53. The summed E-state index contributed by atoms with van der Waals surface area (Å²) in [5.41, 5.74) is 0.971. The molecule has 0 radical (unpaired) electrons. The summed E-state index contributed by atoms with van der Waals surface area (Å²) in [6, 6.07) is 5.85. The van der Waals surface area contributed by atoms with Crippen molar-refractivity contribution in [2.75, 3.05) is 13.1 Å². The summed E-state index contributed by atoms with van der Waals surface area (Å²) in [7, 11) is -3.21.